The molecule has 0 aliphatic carbocycles. The van der Waals surface area contributed by atoms with E-state index in [4.69, 9.17) is 0 Å². The van der Waals surface area contributed by atoms with Crippen LogP contribution in [-0.2, 0) is 13.5 Å². The van der Waals surface area contributed by atoms with Crippen molar-refractivity contribution in [1.29, 1.82) is 0 Å². The molecule has 25 heavy (non-hydrogen) atoms. The Hall–Kier alpha value is -2.50. The van der Waals surface area contributed by atoms with Crippen LogP contribution in [0.1, 0.15) is 28.2 Å². The minimum atomic E-state index is -0.587. The molecule has 1 aliphatic rings. The van der Waals surface area contributed by atoms with Crippen molar-refractivity contribution in [2.75, 3.05) is 13.1 Å². The molecule has 0 bridgehead atoms. The highest BCUT2D eigenvalue weighted by Crippen LogP contribution is 2.23. The summed E-state index contributed by atoms with van der Waals surface area (Å²) in [6, 6.07) is 6.36. The number of hydrogen-bond donors (Lipinski definition) is 0. The summed E-state index contributed by atoms with van der Waals surface area (Å²) in [5.74, 6) is -1.21. The van der Waals surface area contributed by atoms with Crippen LogP contribution in [0, 0.1) is 24.5 Å². The molecule has 1 unspecified atom stereocenters. The third-order valence-electron chi connectivity index (χ3n) is 4.76. The van der Waals surface area contributed by atoms with Gasteiger partial charge in [0, 0.05) is 44.0 Å². The number of likely N-dealkylation sites (tertiary alicyclic amines) is 1. The van der Waals surface area contributed by atoms with Crippen LogP contribution >= 0.6 is 0 Å². The van der Waals surface area contributed by atoms with Gasteiger partial charge in [-0.15, -0.1) is 0 Å². The summed E-state index contributed by atoms with van der Waals surface area (Å²) in [7, 11) is 1.76. The van der Waals surface area contributed by atoms with Gasteiger partial charge in [0.2, 0.25) is 0 Å². The molecule has 0 N–H and O–H groups in total. The Morgan fingerprint density at radius 3 is 2.52 bits per heavy atom. The van der Waals surface area contributed by atoms with E-state index < -0.39 is 11.6 Å². The monoisotopic (exact) mass is 346 g/mol. The fraction of sp³-hybridized carbons (Fsp3) is 0.368. The fourth-order valence-corrected chi connectivity index (χ4v) is 3.38. The molecule has 1 aromatic heterocycles. The van der Waals surface area contributed by atoms with E-state index in [1.807, 2.05) is 0 Å². The van der Waals surface area contributed by atoms with Gasteiger partial charge in [0.25, 0.3) is 5.91 Å². The maximum Gasteiger partial charge on any atom is 0.270 e. The molecular formula is C19H20F2N2O2. The predicted octanol–water partition coefficient (Wildman–Crippen LogP) is 2.68. The molecule has 6 heteroatoms. The lowest BCUT2D eigenvalue weighted by Gasteiger charge is -2.19. The quantitative estimate of drug-likeness (QED) is 0.858. The topological polar surface area (TPSA) is 42.3 Å². The van der Waals surface area contributed by atoms with Crippen LogP contribution in [0.2, 0.25) is 0 Å². The zero-order chi connectivity index (χ0) is 18.1. The van der Waals surface area contributed by atoms with Gasteiger partial charge in [-0.2, -0.15) is 0 Å². The number of rotatable bonds is 3. The Kier molecular flexibility index (Phi) is 4.70. The van der Waals surface area contributed by atoms with Gasteiger partial charge in [0.05, 0.1) is 0 Å². The Balaban J connectivity index is 1.72. The van der Waals surface area contributed by atoms with E-state index in [0.717, 1.165) is 18.2 Å². The molecular weight excluding hydrogens is 326 g/mol. The van der Waals surface area contributed by atoms with Crippen molar-refractivity contribution in [3.63, 3.8) is 0 Å². The Morgan fingerprint density at radius 1 is 1.16 bits per heavy atom. The lowest BCUT2D eigenvalue weighted by atomic mass is 9.98. The van der Waals surface area contributed by atoms with Crippen molar-refractivity contribution in [3.05, 3.63) is 69.1 Å². The fourth-order valence-electron chi connectivity index (χ4n) is 3.38. The Morgan fingerprint density at radius 2 is 1.84 bits per heavy atom. The minimum Gasteiger partial charge on any atom is -0.344 e. The lowest BCUT2D eigenvalue weighted by molar-refractivity contribution is 0.0776. The van der Waals surface area contributed by atoms with Gasteiger partial charge in [0.15, 0.2) is 5.43 Å². The first-order valence-corrected chi connectivity index (χ1v) is 8.25. The van der Waals surface area contributed by atoms with Gasteiger partial charge >= 0.3 is 0 Å². The number of pyridine rings is 1. The normalized spacial score (nSPS) is 17.1. The van der Waals surface area contributed by atoms with Crippen molar-refractivity contribution in [1.82, 2.24) is 9.47 Å². The third-order valence-corrected chi connectivity index (χ3v) is 4.76. The lowest BCUT2D eigenvalue weighted by Crippen LogP contribution is -2.32. The van der Waals surface area contributed by atoms with E-state index in [-0.39, 0.29) is 17.3 Å². The van der Waals surface area contributed by atoms with Crippen molar-refractivity contribution < 1.29 is 13.6 Å². The Labute approximate surface area is 144 Å². The summed E-state index contributed by atoms with van der Waals surface area (Å²) in [6.45, 7) is 2.87. The van der Waals surface area contributed by atoms with E-state index in [2.05, 4.69) is 0 Å². The predicted molar refractivity (Wildman–Crippen MR) is 90.5 cm³/mol. The first-order valence-electron chi connectivity index (χ1n) is 8.25. The third kappa shape index (κ3) is 3.78. The summed E-state index contributed by atoms with van der Waals surface area (Å²) in [5.41, 5.74) is 1.49. The first-order chi connectivity index (χ1) is 11.8. The highest BCUT2D eigenvalue weighted by molar-refractivity contribution is 5.92. The van der Waals surface area contributed by atoms with Gasteiger partial charge in [-0.3, -0.25) is 9.59 Å². The van der Waals surface area contributed by atoms with Gasteiger partial charge in [-0.25, -0.2) is 8.78 Å². The second-order valence-corrected chi connectivity index (χ2v) is 6.66. The smallest absolute Gasteiger partial charge is 0.270 e. The highest BCUT2D eigenvalue weighted by atomic mass is 19.1. The number of amides is 1. The van der Waals surface area contributed by atoms with Crippen LogP contribution in [0.4, 0.5) is 8.78 Å². The molecule has 2 heterocycles. The highest BCUT2D eigenvalue weighted by Gasteiger charge is 2.28. The summed E-state index contributed by atoms with van der Waals surface area (Å²) in [6.07, 6.45) is 1.29. The van der Waals surface area contributed by atoms with Crippen molar-refractivity contribution in [2.45, 2.75) is 19.8 Å². The average molecular weight is 346 g/mol. The summed E-state index contributed by atoms with van der Waals surface area (Å²) < 4.78 is 28.3. The van der Waals surface area contributed by atoms with Crippen LogP contribution in [0.15, 0.2) is 35.1 Å². The van der Waals surface area contributed by atoms with E-state index in [0.29, 0.717) is 30.8 Å². The molecule has 0 saturated carbocycles. The van der Waals surface area contributed by atoms with Crippen molar-refractivity contribution in [3.8, 4) is 0 Å². The molecule has 2 aromatic rings. The van der Waals surface area contributed by atoms with Crippen molar-refractivity contribution in [2.24, 2.45) is 13.0 Å². The number of benzene rings is 1. The van der Waals surface area contributed by atoms with Crippen LogP contribution in [0.5, 0.6) is 0 Å². The summed E-state index contributed by atoms with van der Waals surface area (Å²) >= 11 is 0. The van der Waals surface area contributed by atoms with Crippen molar-refractivity contribution >= 4 is 5.91 Å². The molecule has 0 spiro atoms. The van der Waals surface area contributed by atoms with Gasteiger partial charge < -0.3 is 9.47 Å². The molecule has 1 saturated heterocycles. The van der Waals surface area contributed by atoms with Gasteiger partial charge in [-0.05, 0) is 43.4 Å². The number of halogens is 2. The molecule has 132 valence electrons. The van der Waals surface area contributed by atoms with Crippen LogP contribution in [-0.4, -0.2) is 28.5 Å². The number of aryl methyl sites for hydroxylation is 1. The second-order valence-electron chi connectivity index (χ2n) is 6.66. The van der Waals surface area contributed by atoms with E-state index in [9.17, 15) is 18.4 Å². The molecule has 1 aromatic carbocycles. The van der Waals surface area contributed by atoms with E-state index >= 15 is 0 Å². The number of hydrogen-bond acceptors (Lipinski definition) is 2. The molecule has 4 nitrogen and oxygen atoms in total. The number of carbonyl (C=O) groups is 1. The zero-order valence-corrected chi connectivity index (χ0v) is 14.3. The standard InChI is InChI=1S/C19H20F2N2O2/c1-12-5-17(24)10-18(22(12)2)19(25)23-4-3-13(11-23)6-14-7-15(20)9-16(21)8-14/h5,7-10,13H,3-4,6,11H2,1-2H3. The SMILES string of the molecule is Cc1cc(=O)cc(C(=O)N2CCC(Cc3cc(F)cc(F)c3)C2)n1C. The molecule has 1 aliphatic heterocycles. The number of carbonyl (C=O) groups excluding carboxylic acids is 1. The van der Waals surface area contributed by atoms with E-state index in [1.54, 1.807) is 23.4 Å². The first kappa shape index (κ1) is 17.3. The Bertz CT molecular complexity index is 856. The maximum atomic E-state index is 13.3. The largest absolute Gasteiger partial charge is 0.344 e. The molecule has 3 rings (SSSR count). The summed E-state index contributed by atoms with van der Waals surface area (Å²) in [4.78, 5) is 26.1. The van der Waals surface area contributed by atoms with E-state index in [1.165, 1.54) is 24.3 Å². The zero-order valence-electron chi connectivity index (χ0n) is 14.3. The van der Waals surface area contributed by atoms with Crippen LogP contribution < -0.4 is 5.43 Å². The van der Waals surface area contributed by atoms with Gasteiger partial charge in [-0.1, -0.05) is 0 Å². The molecule has 1 fully saturated rings. The number of nitrogens with zero attached hydrogens (tertiary/aromatic N) is 2. The summed E-state index contributed by atoms with van der Waals surface area (Å²) in [5, 5.41) is 0. The average Bonchev–Trinajstić information content (AvgIpc) is 2.97. The second kappa shape index (κ2) is 6.78. The minimum absolute atomic E-state index is 0.145. The van der Waals surface area contributed by atoms with Gasteiger partial charge in [0.1, 0.15) is 17.3 Å². The number of aromatic nitrogens is 1. The molecule has 1 amide bonds. The molecule has 1 atom stereocenters. The van der Waals surface area contributed by atoms with Crippen LogP contribution in [0.25, 0.3) is 0 Å². The molecule has 0 radical (unpaired) electrons. The maximum absolute atomic E-state index is 13.3. The van der Waals surface area contributed by atoms with Crippen LogP contribution in [0.3, 0.4) is 0 Å².